The van der Waals surface area contributed by atoms with Gasteiger partial charge in [-0.05, 0) is 0 Å². The monoisotopic (exact) mass is 154 g/mol. The first kappa shape index (κ1) is 6.84. The summed E-state index contributed by atoms with van der Waals surface area (Å²) in [5, 5.41) is 17.2. The molecule has 0 saturated carbocycles. The summed E-state index contributed by atoms with van der Waals surface area (Å²) in [4.78, 5) is 3.54. The molecule has 0 saturated heterocycles. The molecule has 0 spiro atoms. The van der Waals surface area contributed by atoms with Crippen molar-refractivity contribution in [2.75, 3.05) is 0 Å². The van der Waals surface area contributed by atoms with Crippen LogP contribution in [0, 0.1) is 11.3 Å². The zero-order chi connectivity index (χ0) is 7.56. The molecule has 0 fully saturated rings. The normalized spacial score (nSPS) is 8.80. The third-order valence-corrected chi connectivity index (χ3v) is 1.24. The van der Waals surface area contributed by atoms with E-state index < -0.39 is 0 Å². The molecule has 1 aromatic heterocycles. The maximum absolute atomic E-state index is 8.89. The van der Waals surface area contributed by atoms with Crippen LogP contribution in [0.5, 0.6) is 5.75 Å². The Kier molecular flexibility index (Phi) is 1.74. The van der Waals surface area contributed by atoms with Gasteiger partial charge in [-0.3, -0.25) is 0 Å². The molecular weight excluding hydrogens is 152 g/mol. The van der Waals surface area contributed by atoms with E-state index in [2.05, 4.69) is 4.98 Å². The smallest absolute Gasteiger partial charge is 0.170 e. The summed E-state index contributed by atoms with van der Waals surface area (Å²) >= 11 is 5.37. The van der Waals surface area contributed by atoms with Crippen molar-refractivity contribution in [1.29, 1.82) is 5.26 Å². The molecular formula is C6H3ClN2O. The lowest BCUT2D eigenvalue weighted by Crippen LogP contribution is -1.78. The maximum atomic E-state index is 8.89. The van der Waals surface area contributed by atoms with Crippen molar-refractivity contribution in [3.63, 3.8) is 0 Å². The number of aromatic nitrogens is 1. The lowest BCUT2D eigenvalue weighted by molar-refractivity contribution is 0.473. The fourth-order valence-corrected chi connectivity index (χ4v) is 0.601. The molecule has 0 bridgehead atoms. The standard InChI is InChI=1S/C6H3ClN2O/c7-6-5(10)1-4(2-8)3-9-6/h1,3,10H. The summed E-state index contributed by atoms with van der Waals surface area (Å²) in [7, 11) is 0. The van der Waals surface area contributed by atoms with Crippen LogP contribution in [0.4, 0.5) is 0 Å². The number of nitriles is 1. The fraction of sp³-hybridized carbons (Fsp3) is 0. The van der Waals surface area contributed by atoms with Crippen LogP contribution in [0.25, 0.3) is 0 Å². The van der Waals surface area contributed by atoms with E-state index in [-0.39, 0.29) is 10.9 Å². The molecule has 0 atom stereocenters. The van der Waals surface area contributed by atoms with Gasteiger partial charge >= 0.3 is 0 Å². The Morgan fingerprint density at radius 3 is 2.90 bits per heavy atom. The van der Waals surface area contributed by atoms with Crippen molar-refractivity contribution in [3.05, 3.63) is 23.0 Å². The van der Waals surface area contributed by atoms with Crippen molar-refractivity contribution < 1.29 is 5.11 Å². The van der Waals surface area contributed by atoms with Crippen LogP contribution < -0.4 is 0 Å². The predicted molar refractivity (Wildman–Crippen MR) is 35.6 cm³/mol. The second-order valence-corrected chi connectivity index (χ2v) is 2.00. The van der Waals surface area contributed by atoms with Crippen LogP contribution in [0.15, 0.2) is 12.3 Å². The molecule has 0 aliphatic rings. The summed E-state index contributed by atoms with van der Waals surface area (Å²) in [5.74, 6) is -0.166. The molecule has 3 nitrogen and oxygen atoms in total. The first-order chi connectivity index (χ1) is 4.74. The Bertz CT molecular complexity index is 292. The number of nitrogens with zero attached hydrogens (tertiary/aromatic N) is 2. The van der Waals surface area contributed by atoms with Crippen LogP contribution in [-0.4, -0.2) is 10.1 Å². The fourth-order valence-electron chi connectivity index (χ4n) is 0.498. The lowest BCUT2D eigenvalue weighted by atomic mass is 10.3. The maximum Gasteiger partial charge on any atom is 0.170 e. The second-order valence-electron chi connectivity index (χ2n) is 1.65. The van der Waals surface area contributed by atoms with E-state index in [1.807, 2.05) is 6.07 Å². The Balaban J connectivity index is 3.20. The second kappa shape index (κ2) is 2.54. The minimum atomic E-state index is -0.166. The van der Waals surface area contributed by atoms with E-state index in [9.17, 15) is 0 Å². The van der Waals surface area contributed by atoms with Crippen molar-refractivity contribution in [3.8, 4) is 11.8 Å². The highest BCUT2D eigenvalue weighted by Crippen LogP contribution is 2.19. The molecule has 50 valence electrons. The number of pyridine rings is 1. The predicted octanol–water partition coefficient (Wildman–Crippen LogP) is 1.31. The number of hydrogen-bond acceptors (Lipinski definition) is 3. The minimum Gasteiger partial charge on any atom is -0.505 e. The molecule has 0 aromatic carbocycles. The lowest BCUT2D eigenvalue weighted by Gasteiger charge is -1.92. The Morgan fingerprint density at radius 1 is 1.70 bits per heavy atom. The molecule has 0 aliphatic carbocycles. The zero-order valence-corrected chi connectivity index (χ0v) is 5.63. The van der Waals surface area contributed by atoms with Crippen molar-refractivity contribution >= 4 is 11.6 Å². The molecule has 10 heavy (non-hydrogen) atoms. The summed E-state index contributed by atoms with van der Waals surface area (Å²) in [5.41, 5.74) is 0.293. The average molecular weight is 155 g/mol. The highest BCUT2D eigenvalue weighted by atomic mass is 35.5. The topological polar surface area (TPSA) is 56.9 Å². The van der Waals surface area contributed by atoms with Crippen LogP contribution in [0.1, 0.15) is 5.56 Å². The summed E-state index contributed by atoms with van der Waals surface area (Å²) in [6.07, 6.45) is 1.29. The van der Waals surface area contributed by atoms with Crippen molar-refractivity contribution in [1.82, 2.24) is 4.98 Å². The number of rotatable bonds is 0. The third-order valence-electron chi connectivity index (χ3n) is 0.950. The SMILES string of the molecule is N#Cc1cnc(Cl)c(O)c1. The Labute approximate surface area is 62.5 Å². The minimum absolute atomic E-state index is 0.0130. The van der Waals surface area contributed by atoms with Gasteiger partial charge in [0.05, 0.1) is 5.56 Å². The molecule has 0 radical (unpaired) electrons. The number of halogens is 1. The van der Waals surface area contributed by atoms with E-state index in [1.165, 1.54) is 12.3 Å². The van der Waals surface area contributed by atoms with E-state index >= 15 is 0 Å². The van der Waals surface area contributed by atoms with Gasteiger partial charge in [-0.15, -0.1) is 0 Å². The van der Waals surface area contributed by atoms with Crippen LogP contribution in [0.2, 0.25) is 5.15 Å². The van der Waals surface area contributed by atoms with Gasteiger partial charge in [-0.25, -0.2) is 4.98 Å². The molecule has 4 heteroatoms. The zero-order valence-electron chi connectivity index (χ0n) is 4.87. The van der Waals surface area contributed by atoms with Gasteiger partial charge in [0.25, 0.3) is 0 Å². The molecule has 1 N–H and O–H groups in total. The van der Waals surface area contributed by atoms with Crippen LogP contribution in [-0.2, 0) is 0 Å². The van der Waals surface area contributed by atoms with Crippen molar-refractivity contribution in [2.24, 2.45) is 0 Å². The van der Waals surface area contributed by atoms with Gasteiger partial charge in [0.15, 0.2) is 10.9 Å². The summed E-state index contributed by atoms with van der Waals surface area (Å²) in [6.45, 7) is 0. The van der Waals surface area contributed by atoms with Crippen LogP contribution in [0.3, 0.4) is 0 Å². The summed E-state index contributed by atoms with van der Waals surface area (Å²) in [6, 6.07) is 3.07. The average Bonchev–Trinajstić information content (AvgIpc) is 1.95. The van der Waals surface area contributed by atoms with E-state index in [4.69, 9.17) is 22.0 Å². The molecule has 0 aliphatic heterocycles. The van der Waals surface area contributed by atoms with Gasteiger partial charge in [0.2, 0.25) is 0 Å². The molecule has 1 rings (SSSR count). The van der Waals surface area contributed by atoms with E-state index in [0.717, 1.165) is 0 Å². The number of aromatic hydroxyl groups is 1. The Hall–Kier alpha value is -1.27. The molecule has 0 amide bonds. The molecule has 1 heterocycles. The molecule has 1 aromatic rings. The highest BCUT2D eigenvalue weighted by Gasteiger charge is 1.98. The van der Waals surface area contributed by atoms with E-state index in [1.54, 1.807) is 0 Å². The highest BCUT2D eigenvalue weighted by molar-refractivity contribution is 6.30. The first-order valence-corrected chi connectivity index (χ1v) is 2.86. The van der Waals surface area contributed by atoms with Gasteiger partial charge in [-0.1, -0.05) is 11.6 Å². The number of hydrogen-bond donors (Lipinski definition) is 1. The quantitative estimate of drug-likeness (QED) is 0.574. The van der Waals surface area contributed by atoms with Gasteiger partial charge < -0.3 is 5.11 Å². The van der Waals surface area contributed by atoms with Gasteiger partial charge in [0.1, 0.15) is 6.07 Å². The van der Waals surface area contributed by atoms with Gasteiger partial charge in [0, 0.05) is 12.3 Å². The van der Waals surface area contributed by atoms with Crippen LogP contribution >= 0.6 is 11.6 Å². The van der Waals surface area contributed by atoms with Gasteiger partial charge in [-0.2, -0.15) is 5.26 Å². The van der Waals surface area contributed by atoms with Crippen molar-refractivity contribution in [2.45, 2.75) is 0 Å². The summed E-state index contributed by atoms with van der Waals surface area (Å²) < 4.78 is 0. The largest absolute Gasteiger partial charge is 0.505 e. The van der Waals surface area contributed by atoms with E-state index in [0.29, 0.717) is 5.56 Å². The first-order valence-electron chi connectivity index (χ1n) is 2.48. The molecule has 0 unspecified atom stereocenters. The Morgan fingerprint density at radius 2 is 2.40 bits per heavy atom. The third kappa shape index (κ3) is 1.17.